The second kappa shape index (κ2) is 6.23. The van der Waals surface area contributed by atoms with Crippen LogP contribution in [0.4, 0.5) is 0 Å². The Morgan fingerprint density at radius 2 is 2.16 bits per heavy atom. The molecule has 1 saturated carbocycles. The van der Waals surface area contributed by atoms with E-state index in [1.54, 1.807) is 6.20 Å². The van der Waals surface area contributed by atoms with Gasteiger partial charge in [0.1, 0.15) is 0 Å². The van der Waals surface area contributed by atoms with Gasteiger partial charge in [-0.3, -0.25) is 0 Å². The van der Waals surface area contributed by atoms with E-state index >= 15 is 0 Å². The first-order valence-electron chi connectivity index (χ1n) is 6.95. The van der Waals surface area contributed by atoms with E-state index in [1.807, 2.05) is 0 Å². The highest BCUT2D eigenvalue weighted by Gasteiger charge is 2.21. The van der Waals surface area contributed by atoms with Crippen LogP contribution in [0, 0.1) is 5.41 Å². The topological polar surface area (TPSA) is 34.1 Å². The third kappa shape index (κ3) is 5.49. The van der Waals surface area contributed by atoms with Gasteiger partial charge in [0.15, 0.2) is 0 Å². The average Bonchev–Trinajstić information content (AvgIpc) is 3.11. The predicted octanol–water partition coefficient (Wildman–Crippen LogP) is 3.91. The molecule has 0 spiro atoms. The molecule has 4 heteroatoms. The van der Waals surface area contributed by atoms with Crippen molar-refractivity contribution in [3.05, 3.63) is 22.3 Å². The minimum atomic E-state index is 0.293. The molecule has 0 bridgehead atoms. The van der Waals surface area contributed by atoms with Crippen LogP contribution in [0.25, 0.3) is 0 Å². The van der Waals surface area contributed by atoms with Crippen LogP contribution in [0.1, 0.15) is 45.6 Å². The van der Waals surface area contributed by atoms with Gasteiger partial charge in [-0.05, 0) is 46.7 Å². The normalized spacial score (nSPS) is 15.6. The molecule has 1 aliphatic rings. The second-order valence-electron chi connectivity index (χ2n) is 6.43. The number of pyridine rings is 1. The quantitative estimate of drug-likeness (QED) is 0.860. The van der Waals surface area contributed by atoms with E-state index in [1.165, 1.54) is 12.8 Å². The molecule has 2 rings (SSSR count). The molecule has 0 aromatic carbocycles. The van der Waals surface area contributed by atoms with E-state index in [-0.39, 0.29) is 0 Å². The predicted molar refractivity (Wildman–Crippen MR) is 81.4 cm³/mol. The van der Waals surface area contributed by atoms with Crippen LogP contribution >= 0.6 is 15.9 Å². The maximum atomic E-state index is 5.85. The third-order valence-corrected chi connectivity index (χ3v) is 3.58. The zero-order chi connectivity index (χ0) is 13.9. The lowest BCUT2D eigenvalue weighted by Crippen LogP contribution is -2.17. The van der Waals surface area contributed by atoms with Crippen molar-refractivity contribution in [3.8, 4) is 5.88 Å². The lowest BCUT2D eigenvalue weighted by Gasteiger charge is -2.18. The molecule has 1 aliphatic carbocycles. The van der Waals surface area contributed by atoms with Gasteiger partial charge in [0, 0.05) is 28.8 Å². The number of nitrogens with one attached hydrogen (secondary N) is 1. The van der Waals surface area contributed by atoms with Gasteiger partial charge in [-0.25, -0.2) is 4.98 Å². The Morgan fingerprint density at radius 3 is 2.79 bits per heavy atom. The summed E-state index contributed by atoms with van der Waals surface area (Å²) in [4.78, 5) is 4.39. The summed E-state index contributed by atoms with van der Waals surface area (Å²) in [5.74, 6) is 0.764. The molecule has 0 unspecified atom stereocenters. The van der Waals surface area contributed by atoms with Crippen molar-refractivity contribution < 1.29 is 4.74 Å². The van der Waals surface area contributed by atoms with Gasteiger partial charge in [0.2, 0.25) is 5.88 Å². The van der Waals surface area contributed by atoms with Crippen molar-refractivity contribution in [2.45, 2.75) is 52.6 Å². The molecule has 0 atom stereocenters. The molecule has 0 saturated heterocycles. The molecular weight excluding hydrogens is 304 g/mol. The highest BCUT2D eigenvalue weighted by Crippen LogP contribution is 2.25. The van der Waals surface area contributed by atoms with Crippen LogP contribution < -0.4 is 10.1 Å². The zero-order valence-electron chi connectivity index (χ0n) is 12.0. The van der Waals surface area contributed by atoms with Crippen LogP contribution in [-0.2, 0) is 6.54 Å². The Balaban J connectivity index is 1.93. The lowest BCUT2D eigenvalue weighted by molar-refractivity contribution is 0.234. The number of rotatable bonds is 6. The molecular formula is C15H23BrN2O. The summed E-state index contributed by atoms with van der Waals surface area (Å²) >= 11 is 3.47. The first-order chi connectivity index (χ1) is 8.94. The number of aromatic nitrogens is 1. The molecule has 0 amide bonds. The van der Waals surface area contributed by atoms with E-state index in [9.17, 15) is 0 Å². The van der Waals surface area contributed by atoms with Gasteiger partial charge in [-0.15, -0.1) is 0 Å². The van der Waals surface area contributed by atoms with E-state index in [0.29, 0.717) is 18.1 Å². The Labute approximate surface area is 124 Å². The summed E-state index contributed by atoms with van der Waals surface area (Å²) in [6.45, 7) is 8.22. The van der Waals surface area contributed by atoms with Crippen molar-refractivity contribution in [1.29, 1.82) is 0 Å². The molecule has 0 aliphatic heterocycles. The van der Waals surface area contributed by atoms with Crippen LogP contribution in [0.3, 0.4) is 0 Å². The summed E-state index contributed by atoms with van der Waals surface area (Å²) in [5.41, 5.74) is 1.43. The zero-order valence-corrected chi connectivity index (χ0v) is 13.6. The minimum Gasteiger partial charge on any atom is -0.477 e. The van der Waals surface area contributed by atoms with E-state index in [2.05, 4.69) is 53.1 Å². The fourth-order valence-electron chi connectivity index (χ4n) is 1.72. The maximum Gasteiger partial charge on any atom is 0.217 e. The molecule has 0 radical (unpaired) electrons. The Kier molecular flexibility index (Phi) is 4.85. The summed E-state index contributed by atoms with van der Waals surface area (Å²) < 4.78 is 6.85. The minimum absolute atomic E-state index is 0.293. The standard InChI is InChI=1S/C15H23BrN2O/c1-15(2,3)6-7-19-14-11(8-12(16)10-18-14)9-17-13-4-5-13/h8,10,13,17H,4-7,9H2,1-3H3. The monoisotopic (exact) mass is 326 g/mol. The molecule has 1 N–H and O–H groups in total. The van der Waals surface area contributed by atoms with Gasteiger partial charge < -0.3 is 10.1 Å². The molecule has 1 heterocycles. The van der Waals surface area contributed by atoms with Gasteiger partial charge in [0.05, 0.1) is 6.61 Å². The van der Waals surface area contributed by atoms with E-state index in [0.717, 1.165) is 28.9 Å². The molecule has 1 aromatic heterocycles. The number of halogens is 1. The van der Waals surface area contributed by atoms with Crippen molar-refractivity contribution in [2.75, 3.05) is 6.61 Å². The first-order valence-corrected chi connectivity index (χ1v) is 7.74. The van der Waals surface area contributed by atoms with Crippen molar-refractivity contribution in [1.82, 2.24) is 10.3 Å². The summed E-state index contributed by atoms with van der Waals surface area (Å²) in [6, 6.07) is 2.79. The van der Waals surface area contributed by atoms with Crippen molar-refractivity contribution >= 4 is 15.9 Å². The Bertz CT molecular complexity index is 425. The fourth-order valence-corrected chi connectivity index (χ4v) is 2.10. The Morgan fingerprint density at radius 1 is 1.42 bits per heavy atom. The first kappa shape index (κ1) is 14.8. The summed E-state index contributed by atoms with van der Waals surface area (Å²) in [6.07, 6.45) is 5.41. The SMILES string of the molecule is CC(C)(C)CCOc1ncc(Br)cc1CNC1CC1. The molecule has 19 heavy (non-hydrogen) atoms. The third-order valence-electron chi connectivity index (χ3n) is 3.14. The second-order valence-corrected chi connectivity index (χ2v) is 7.35. The maximum absolute atomic E-state index is 5.85. The van der Waals surface area contributed by atoms with Crippen LogP contribution in [0.15, 0.2) is 16.7 Å². The van der Waals surface area contributed by atoms with Gasteiger partial charge >= 0.3 is 0 Å². The molecule has 3 nitrogen and oxygen atoms in total. The van der Waals surface area contributed by atoms with Gasteiger partial charge in [-0.1, -0.05) is 20.8 Å². The van der Waals surface area contributed by atoms with Crippen molar-refractivity contribution in [2.24, 2.45) is 5.41 Å². The highest BCUT2D eigenvalue weighted by molar-refractivity contribution is 9.10. The Hall–Kier alpha value is -0.610. The van der Waals surface area contributed by atoms with Crippen LogP contribution in [-0.4, -0.2) is 17.6 Å². The van der Waals surface area contributed by atoms with Gasteiger partial charge in [0.25, 0.3) is 0 Å². The summed E-state index contributed by atoms with van der Waals surface area (Å²) in [7, 11) is 0. The average molecular weight is 327 g/mol. The number of nitrogens with zero attached hydrogens (tertiary/aromatic N) is 1. The van der Waals surface area contributed by atoms with Gasteiger partial charge in [-0.2, -0.15) is 0 Å². The van der Waals surface area contributed by atoms with Crippen LogP contribution in [0.5, 0.6) is 5.88 Å². The number of hydrogen-bond donors (Lipinski definition) is 1. The smallest absolute Gasteiger partial charge is 0.217 e. The van der Waals surface area contributed by atoms with E-state index in [4.69, 9.17) is 4.74 Å². The van der Waals surface area contributed by atoms with E-state index < -0.39 is 0 Å². The lowest BCUT2D eigenvalue weighted by atomic mass is 9.93. The van der Waals surface area contributed by atoms with Crippen molar-refractivity contribution in [3.63, 3.8) is 0 Å². The number of hydrogen-bond acceptors (Lipinski definition) is 3. The fraction of sp³-hybridized carbons (Fsp3) is 0.667. The highest BCUT2D eigenvalue weighted by atomic mass is 79.9. The van der Waals surface area contributed by atoms with Crippen LogP contribution in [0.2, 0.25) is 0 Å². The molecule has 106 valence electrons. The largest absolute Gasteiger partial charge is 0.477 e. The summed E-state index contributed by atoms with van der Waals surface area (Å²) in [5, 5.41) is 3.51. The molecule has 1 aromatic rings. The number of ether oxygens (including phenoxy) is 1. The molecule has 1 fully saturated rings.